The van der Waals surface area contributed by atoms with Gasteiger partial charge in [0.1, 0.15) is 0 Å². The van der Waals surface area contributed by atoms with Crippen LogP contribution in [-0.2, 0) is 13.6 Å². The van der Waals surface area contributed by atoms with Gasteiger partial charge in [0.25, 0.3) is 0 Å². The van der Waals surface area contributed by atoms with Gasteiger partial charge < -0.3 is 5.32 Å². The van der Waals surface area contributed by atoms with Gasteiger partial charge in [0.05, 0.1) is 5.69 Å². The molecule has 1 fully saturated rings. The average Bonchev–Trinajstić information content (AvgIpc) is 2.88. The standard InChI is InChI=1S/C11H21N5/c1-3-6-16(11-4-5-12-7-11)9-10-8-15(2)14-13-10/h8,11-12H,3-7,9H2,1-2H3. The highest BCUT2D eigenvalue weighted by Gasteiger charge is 2.22. The molecule has 1 N–H and O–H groups in total. The predicted octanol–water partition coefficient (Wildman–Crippen LogP) is 0.389. The number of rotatable bonds is 5. The molecular weight excluding hydrogens is 202 g/mol. The van der Waals surface area contributed by atoms with Crippen LogP contribution in [0.15, 0.2) is 6.20 Å². The Bertz CT molecular complexity index is 316. The first-order valence-corrected chi connectivity index (χ1v) is 6.09. The molecule has 0 amide bonds. The largest absolute Gasteiger partial charge is 0.315 e. The summed E-state index contributed by atoms with van der Waals surface area (Å²) in [5, 5.41) is 11.6. The third kappa shape index (κ3) is 2.80. The fourth-order valence-corrected chi connectivity index (χ4v) is 2.30. The maximum atomic E-state index is 4.16. The van der Waals surface area contributed by atoms with Crippen LogP contribution in [-0.4, -0.2) is 45.6 Å². The molecule has 0 saturated carbocycles. The van der Waals surface area contributed by atoms with Crippen molar-refractivity contribution in [3.05, 3.63) is 11.9 Å². The predicted molar refractivity (Wildman–Crippen MR) is 63.0 cm³/mol. The fraction of sp³-hybridized carbons (Fsp3) is 0.818. The molecule has 5 nitrogen and oxygen atoms in total. The summed E-state index contributed by atoms with van der Waals surface area (Å²) in [6, 6.07) is 0.668. The molecule has 1 aliphatic rings. The van der Waals surface area contributed by atoms with Crippen molar-refractivity contribution in [3.63, 3.8) is 0 Å². The summed E-state index contributed by atoms with van der Waals surface area (Å²) in [5.41, 5.74) is 1.07. The quantitative estimate of drug-likeness (QED) is 0.784. The molecule has 0 spiro atoms. The molecule has 0 aliphatic carbocycles. The Balaban J connectivity index is 1.96. The lowest BCUT2D eigenvalue weighted by molar-refractivity contribution is 0.197. The van der Waals surface area contributed by atoms with Crippen molar-refractivity contribution in [3.8, 4) is 0 Å². The Labute approximate surface area is 96.8 Å². The minimum absolute atomic E-state index is 0.668. The second kappa shape index (κ2) is 5.41. The zero-order chi connectivity index (χ0) is 11.4. The van der Waals surface area contributed by atoms with Crippen LogP contribution in [0.5, 0.6) is 0 Å². The summed E-state index contributed by atoms with van der Waals surface area (Å²) in [6.45, 7) is 6.55. The molecule has 1 saturated heterocycles. The van der Waals surface area contributed by atoms with E-state index in [2.05, 4.69) is 27.5 Å². The van der Waals surface area contributed by atoms with Gasteiger partial charge in [0.2, 0.25) is 0 Å². The molecule has 1 atom stereocenters. The number of aryl methyl sites for hydroxylation is 1. The molecule has 0 bridgehead atoms. The molecular formula is C11H21N5. The molecule has 1 aromatic rings. The molecule has 90 valence electrons. The maximum Gasteiger partial charge on any atom is 0.0967 e. The lowest BCUT2D eigenvalue weighted by atomic mass is 10.2. The van der Waals surface area contributed by atoms with Crippen molar-refractivity contribution in [1.29, 1.82) is 0 Å². The Hall–Kier alpha value is -0.940. The highest BCUT2D eigenvalue weighted by molar-refractivity contribution is 4.94. The van der Waals surface area contributed by atoms with Crippen LogP contribution >= 0.6 is 0 Å². The Morgan fingerprint density at radius 3 is 3.06 bits per heavy atom. The minimum Gasteiger partial charge on any atom is -0.315 e. The van der Waals surface area contributed by atoms with Crippen LogP contribution in [0.4, 0.5) is 0 Å². The highest BCUT2D eigenvalue weighted by Crippen LogP contribution is 2.12. The molecule has 0 radical (unpaired) electrons. The zero-order valence-corrected chi connectivity index (χ0v) is 10.2. The summed E-state index contributed by atoms with van der Waals surface area (Å²) < 4.78 is 1.77. The lowest BCUT2D eigenvalue weighted by Gasteiger charge is -2.26. The van der Waals surface area contributed by atoms with E-state index >= 15 is 0 Å². The summed E-state index contributed by atoms with van der Waals surface area (Å²) in [6.07, 6.45) is 4.45. The summed E-state index contributed by atoms with van der Waals surface area (Å²) in [7, 11) is 1.91. The van der Waals surface area contributed by atoms with Gasteiger partial charge in [0.15, 0.2) is 0 Å². The van der Waals surface area contributed by atoms with E-state index in [1.807, 2.05) is 13.2 Å². The minimum atomic E-state index is 0.668. The summed E-state index contributed by atoms with van der Waals surface area (Å²) >= 11 is 0. The van der Waals surface area contributed by atoms with Gasteiger partial charge in [-0.3, -0.25) is 9.58 Å². The van der Waals surface area contributed by atoms with Crippen molar-refractivity contribution in [2.24, 2.45) is 7.05 Å². The fourth-order valence-electron chi connectivity index (χ4n) is 2.30. The number of nitrogens with zero attached hydrogens (tertiary/aromatic N) is 4. The van der Waals surface area contributed by atoms with Crippen LogP contribution in [0, 0.1) is 0 Å². The smallest absolute Gasteiger partial charge is 0.0967 e. The van der Waals surface area contributed by atoms with E-state index in [-0.39, 0.29) is 0 Å². The summed E-state index contributed by atoms with van der Waals surface area (Å²) in [4.78, 5) is 2.52. The monoisotopic (exact) mass is 223 g/mol. The molecule has 0 aromatic carbocycles. The third-order valence-corrected chi connectivity index (χ3v) is 3.08. The zero-order valence-electron chi connectivity index (χ0n) is 10.2. The van der Waals surface area contributed by atoms with Gasteiger partial charge in [0, 0.05) is 32.4 Å². The van der Waals surface area contributed by atoms with Crippen LogP contribution in [0.1, 0.15) is 25.5 Å². The van der Waals surface area contributed by atoms with Gasteiger partial charge in [-0.05, 0) is 25.9 Å². The van der Waals surface area contributed by atoms with Crippen LogP contribution in [0.3, 0.4) is 0 Å². The molecule has 1 aromatic heterocycles. The molecule has 1 unspecified atom stereocenters. The Morgan fingerprint density at radius 1 is 1.62 bits per heavy atom. The molecule has 2 heterocycles. The van der Waals surface area contributed by atoms with E-state index < -0.39 is 0 Å². The second-order valence-corrected chi connectivity index (χ2v) is 4.50. The molecule has 1 aliphatic heterocycles. The maximum absolute atomic E-state index is 4.16. The van der Waals surface area contributed by atoms with E-state index in [4.69, 9.17) is 0 Å². The summed E-state index contributed by atoms with van der Waals surface area (Å²) in [5.74, 6) is 0. The number of hydrogen-bond donors (Lipinski definition) is 1. The van der Waals surface area contributed by atoms with E-state index in [9.17, 15) is 0 Å². The topological polar surface area (TPSA) is 46.0 Å². The van der Waals surface area contributed by atoms with E-state index in [1.54, 1.807) is 4.68 Å². The number of nitrogens with one attached hydrogen (secondary N) is 1. The third-order valence-electron chi connectivity index (χ3n) is 3.08. The molecule has 2 rings (SSSR count). The lowest BCUT2D eigenvalue weighted by Crippen LogP contribution is -2.37. The van der Waals surface area contributed by atoms with Crippen molar-refractivity contribution >= 4 is 0 Å². The van der Waals surface area contributed by atoms with Crippen molar-refractivity contribution in [1.82, 2.24) is 25.2 Å². The number of hydrogen-bond acceptors (Lipinski definition) is 4. The SMILES string of the molecule is CCCN(Cc1cn(C)nn1)C1CCNC1. The molecule has 5 heteroatoms. The highest BCUT2D eigenvalue weighted by atomic mass is 15.4. The average molecular weight is 223 g/mol. The van der Waals surface area contributed by atoms with Gasteiger partial charge in [-0.1, -0.05) is 12.1 Å². The van der Waals surface area contributed by atoms with E-state index in [0.717, 1.165) is 31.9 Å². The van der Waals surface area contributed by atoms with Gasteiger partial charge in [-0.2, -0.15) is 0 Å². The normalized spacial score (nSPS) is 20.8. The Morgan fingerprint density at radius 2 is 2.50 bits per heavy atom. The van der Waals surface area contributed by atoms with Crippen molar-refractivity contribution in [2.75, 3.05) is 19.6 Å². The van der Waals surface area contributed by atoms with Crippen LogP contribution in [0.25, 0.3) is 0 Å². The van der Waals surface area contributed by atoms with Gasteiger partial charge in [-0.15, -0.1) is 5.10 Å². The van der Waals surface area contributed by atoms with E-state index in [0.29, 0.717) is 6.04 Å². The first-order chi connectivity index (χ1) is 7.79. The molecule has 16 heavy (non-hydrogen) atoms. The van der Waals surface area contributed by atoms with Crippen LogP contribution in [0.2, 0.25) is 0 Å². The van der Waals surface area contributed by atoms with Gasteiger partial charge >= 0.3 is 0 Å². The van der Waals surface area contributed by atoms with Gasteiger partial charge in [-0.25, -0.2) is 0 Å². The first-order valence-electron chi connectivity index (χ1n) is 6.09. The Kier molecular flexibility index (Phi) is 3.90. The second-order valence-electron chi connectivity index (χ2n) is 4.50. The first kappa shape index (κ1) is 11.5. The number of aromatic nitrogens is 3. The van der Waals surface area contributed by atoms with E-state index in [1.165, 1.54) is 12.8 Å². The van der Waals surface area contributed by atoms with Crippen molar-refractivity contribution < 1.29 is 0 Å². The van der Waals surface area contributed by atoms with Crippen molar-refractivity contribution in [2.45, 2.75) is 32.4 Å². The van der Waals surface area contributed by atoms with Crippen LogP contribution < -0.4 is 5.32 Å².